The van der Waals surface area contributed by atoms with Gasteiger partial charge in [-0.05, 0) is 43.2 Å². The van der Waals surface area contributed by atoms with E-state index in [1.54, 1.807) is 25.1 Å². The molecule has 1 aliphatic heterocycles. The Balaban J connectivity index is 1.71. The maximum atomic E-state index is 13.3. The summed E-state index contributed by atoms with van der Waals surface area (Å²) < 4.78 is 0. The van der Waals surface area contributed by atoms with E-state index in [0.29, 0.717) is 16.4 Å². The normalized spacial score (nSPS) is 15.6. The van der Waals surface area contributed by atoms with Gasteiger partial charge in [0.1, 0.15) is 12.6 Å². The lowest BCUT2D eigenvalue weighted by Crippen LogP contribution is -2.42. The largest absolute Gasteiger partial charge is 0.324 e. The molecule has 0 radical (unpaired) electrons. The number of carbonyl (C=O) groups is 2. The van der Waals surface area contributed by atoms with Crippen LogP contribution >= 0.6 is 11.6 Å². The summed E-state index contributed by atoms with van der Waals surface area (Å²) >= 11 is 6.31. The van der Waals surface area contributed by atoms with Crippen molar-refractivity contribution < 1.29 is 9.59 Å². The van der Waals surface area contributed by atoms with E-state index in [2.05, 4.69) is 5.32 Å². The smallest absolute Gasteiger partial charge is 0.252 e. The summed E-state index contributed by atoms with van der Waals surface area (Å²) in [6.45, 7) is 3.66. The highest BCUT2D eigenvalue weighted by Gasteiger charge is 2.31. The number of hydrogen-bond donors (Lipinski definition) is 1. The van der Waals surface area contributed by atoms with Gasteiger partial charge in [0.15, 0.2) is 0 Å². The van der Waals surface area contributed by atoms with Crippen LogP contribution in [0.4, 0.5) is 11.4 Å². The lowest BCUT2D eigenvalue weighted by Gasteiger charge is -2.24. The molecular weight excluding hydrogens is 422 g/mol. The first-order chi connectivity index (χ1) is 15.5. The molecule has 0 saturated carbocycles. The average Bonchev–Trinajstić information content (AvgIpc) is 2.90. The second-order valence-corrected chi connectivity index (χ2v) is 8.10. The molecule has 0 fully saturated rings. The Labute approximate surface area is 192 Å². The Hall–Kier alpha value is -3.44. The minimum atomic E-state index is -0.646. The fourth-order valence-electron chi connectivity index (χ4n) is 3.87. The molecular formula is C26H24ClN3O2. The number of halogens is 1. The van der Waals surface area contributed by atoms with Crippen LogP contribution in [0.1, 0.15) is 30.5 Å². The summed E-state index contributed by atoms with van der Waals surface area (Å²) in [5.41, 5.74) is 4.71. The van der Waals surface area contributed by atoms with Crippen molar-refractivity contribution in [1.82, 2.24) is 0 Å². The number of amides is 2. The van der Waals surface area contributed by atoms with Crippen LogP contribution < -0.4 is 10.2 Å². The van der Waals surface area contributed by atoms with Crippen molar-refractivity contribution in [2.75, 3.05) is 16.8 Å². The molecule has 2 amide bonds. The maximum Gasteiger partial charge on any atom is 0.252 e. The zero-order valence-corrected chi connectivity index (χ0v) is 18.8. The molecule has 0 bridgehead atoms. The zero-order chi connectivity index (χ0) is 22.7. The first-order valence-corrected chi connectivity index (χ1v) is 11.0. The summed E-state index contributed by atoms with van der Waals surface area (Å²) in [4.78, 5) is 32.5. The van der Waals surface area contributed by atoms with Crippen LogP contribution in [0.15, 0.2) is 77.8 Å². The van der Waals surface area contributed by atoms with Crippen molar-refractivity contribution in [1.29, 1.82) is 0 Å². The van der Waals surface area contributed by atoms with Gasteiger partial charge in [-0.3, -0.25) is 14.6 Å². The molecule has 3 aromatic carbocycles. The lowest BCUT2D eigenvalue weighted by molar-refractivity contribution is -0.122. The van der Waals surface area contributed by atoms with Gasteiger partial charge in [0.05, 0.1) is 11.4 Å². The fraction of sp³-hybridized carbons (Fsp3) is 0.192. The number of benzene rings is 3. The van der Waals surface area contributed by atoms with Crippen molar-refractivity contribution >= 4 is 40.5 Å². The second-order valence-electron chi connectivity index (χ2n) is 7.66. The van der Waals surface area contributed by atoms with Gasteiger partial charge in [0.25, 0.3) is 5.91 Å². The number of carbonyl (C=O) groups excluding carboxylic acids is 2. The van der Waals surface area contributed by atoms with Crippen molar-refractivity contribution in [3.05, 3.63) is 94.5 Å². The van der Waals surface area contributed by atoms with Gasteiger partial charge in [-0.15, -0.1) is 0 Å². The molecule has 1 aliphatic rings. The molecule has 1 atom stereocenters. The highest BCUT2D eigenvalue weighted by Crippen LogP contribution is 2.31. The van der Waals surface area contributed by atoms with Crippen LogP contribution in [0.5, 0.6) is 0 Å². The molecule has 5 nitrogen and oxygen atoms in total. The third-order valence-corrected chi connectivity index (χ3v) is 5.71. The van der Waals surface area contributed by atoms with Gasteiger partial charge >= 0.3 is 0 Å². The highest BCUT2D eigenvalue weighted by atomic mass is 35.5. The van der Waals surface area contributed by atoms with Crippen molar-refractivity contribution in [2.24, 2.45) is 4.99 Å². The Morgan fingerprint density at radius 3 is 2.53 bits per heavy atom. The van der Waals surface area contributed by atoms with E-state index in [4.69, 9.17) is 16.6 Å². The number of aryl methyl sites for hydroxylation is 1. The molecule has 0 saturated heterocycles. The molecule has 162 valence electrons. The van der Waals surface area contributed by atoms with E-state index in [9.17, 15) is 9.59 Å². The number of hydrogen-bond acceptors (Lipinski definition) is 3. The summed E-state index contributed by atoms with van der Waals surface area (Å²) in [5, 5.41) is 3.49. The van der Waals surface area contributed by atoms with Crippen molar-refractivity contribution in [3.63, 3.8) is 0 Å². The molecule has 0 spiro atoms. The quantitative estimate of drug-likeness (QED) is 0.592. The van der Waals surface area contributed by atoms with E-state index in [1.165, 1.54) is 4.90 Å². The maximum absolute atomic E-state index is 13.3. The summed E-state index contributed by atoms with van der Waals surface area (Å²) in [5.74, 6) is -0.506. The molecule has 0 aromatic heterocycles. The number of benzodiazepines with no additional fused rings is 1. The van der Waals surface area contributed by atoms with Crippen LogP contribution in [0, 0.1) is 0 Å². The number of aliphatic imine (C=N–C) groups is 1. The van der Waals surface area contributed by atoms with Crippen LogP contribution in [0.2, 0.25) is 5.02 Å². The van der Waals surface area contributed by atoms with Gasteiger partial charge in [-0.25, -0.2) is 0 Å². The summed E-state index contributed by atoms with van der Waals surface area (Å²) in [6, 6.07) is 22.0. The first-order valence-electron chi connectivity index (χ1n) is 10.6. The summed E-state index contributed by atoms with van der Waals surface area (Å²) in [7, 11) is 0. The predicted molar refractivity (Wildman–Crippen MR) is 130 cm³/mol. The van der Waals surface area contributed by atoms with Crippen LogP contribution in [-0.2, 0) is 16.0 Å². The van der Waals surface area contributed by atoms with E-state index >= 15 is 0 Å². The van der Waals surface area contributed by atoms with E-state index in [-0.39, 0.29) is 18.4 Å². The molecule has 32 heavy (non-hydrogen) atoms. The van der Waals surface area contributed by atoms with Gasteiger partial charge in [-0.2, -0.15) is 0 Å². The third-order valence-electron chi connectivity index (χ3n) is 5.47. The minimum Gasteiger partial charge on any atom is -0.324 e. The number of rotatable bonds is 5. The number of nitrogens with one attached hydrogen (secondary N) is 1. The molecule has 3 aromatic rings. The topological polar surface area (TPSA) is 61.8 Å². The predicted octanol–water partition coefficient (Wildman–Crippen LogP) is 5.11. The van der Waals surface area contributed by atoms with E-state index < -0.39 is 6.04 Å². The van der Waals surface area contributed by atoms with Gasteiger partial charge in [-0.1, -0.05) is 67.1 Å². The Morgan fingerprint density at radius 2 is 1.78 bits per heavy atom. The van der Waals surface area contributed by atoms with Crippen LogP contribution in [0.25, 0.3) is 0 Å². The molecule has 4 rings (SSSR count). The number of para-hydroxylation sites is 1. The number of nitrogens with zero attached hydrogens (tertiary/aromatic N) is 2. The Morgan fingerprint density at radius 1 is 1.06 bits per heavy atom. The highest BCUT2D eigenvalue weighted by molar-refractivity contribution is 6.32. The fourth-order valence-corrected chi connectivity index (χ4v) is 4.04. The molecule has 6 heteroatoms. The lowest BCUT2D eigenvalue weighted by atomic mass is 10.00. The average molecular weight is 446 g/mol. The third kappa shape index (κ3) is 4.43. The van der Waals surface area contributed by atoms with Crippen LogP contribution in [-0.4, -0.2) is 30.1 Å². The van der Waals surface area contributed by atoms with Gasteiger partial charge in [0, 0.05) is 21.8 Å². The van der Waals surface area contributed by atoms with Crippen molar-refractivity contribution in [2.45, 2.75) is 26.3 Å². The van der Waals surface area contributed by atoms with Gasteiger partial charge in [0.2, 0.25) is 5.91 Å². The Kier molecular flexibility index (Phi) is 6.37. The van der Waals surface area contributed by atoms with Crippen LogP contribution in [0.3, 0.4) is 0 Å². The zero-order valence-electron chi connectivity index (χ0n) is 18.0. The van der Waals surface area contributed by atoms with Crippen molar-refractivity contribution in [3.8, 4) is 0 Å². The molecule has 0 unspecified atom stereocenters. The number of fused-ring (bicyclic) bond motifs is 1. The first kappa shape index (κ1) is 21.8. The van der Waals surface area contributed by atoms with E-state index in [1.807, 2.05) is 61.5 Å². The second kappa shape index (κ2) is 9.37. The Bertz CT molecular complexity index is 1190. The molecule has 1 N–H and O–H groups in total. The SMILES string of the molecule is CCc1ccccc1NC(=O)CN1C(=O)[C@@H](C)N=C(c2ccccc2)c2cc(Cl)ccc21. The number of anilines is 2. The summed E-state index contributed by atoms with van der Waals surface area (Å²) in [6.07, 6.45) is 0.797. The minimum absolute atomic E-state index is 0.118. The monoisotopic (exact) mass is 445 g/mol. The molecule has 0 aliphatic carbocycles. The molecule has 1 heterocycles. The van der Waals surface area contributed by atoms with E-state index in [0.717, 1.165) is 28.8 Å². The standard InChI is InChI=1S/C26H24ClN3O2/c1-3-18-9-7-8-12-22(18)29-24(31)16-30-23-14-13-20(27)15-21(23)25(28-17(2)26(30)32)19-10-5-4-6-11-19/h4-15,17H,3,16H2,1-2H3,(H,29,31)/t17-/m1/s1. The van der Waals surface area contributed by atoms with Gasteiger partial charge < -0.3 is 10.2 Å².